The lowest BCUT2D eigenvalue weighted by Gasteiger charge is -2.13. The number of ketones is 1. The topological polar surface area (TPSA) is 45.2 Å². The molecule has 0 heterocycles. The number of hydrogen-bond acceptors (Lipinski definition) is 2. The number of carbonyl (C=O) groups is 1. The average molecular weight is 461 g/mol. The Morgan fingerprint density at radius 1 is 1.00 bits per heavy atom. The fraction of sp³-hybridized carbons (Fsp3) is 0.222. The van der Waals surface area contributed by atoms with Crippen LogP contribution in [0.25, 0.3) is 16.0 Å². The van der Waals surface area contributed by atoms with Crippen LogP contribution in [-0.4, -0.2) is 5.78 Å². The molecule has 160 valence electrons. The summed E-state index contributed by atoms with van der Waals surface area (Å²) in [6.45, 7) is 11.8. The van der Waals surface area contributed by atoms with Crippen molar-refractivity contribution in [3.8, 4) is 17.2 Å². The number of hydrogen-bond donors (Lipinski definition) is 0. The maximum atomic E-state index is 12.5. The van der Waals surface area contributed by atoms with Gasteiger partial charge in [-0.1, -0.05) is 61.3 Å². The van der Waals surface area contributed by atoms with Crippen LogP contribution in [0.3, 0.4) is 0 Å². The minimum absolute atomic E-state index is 0.0305. The Kier molecular flexibility index (Phi) is 7.70. The Morgan fingerprint density at radius 3 is 2.19 bits per heavy atom. The van der Waals surface area contributed by atoms with Crippen molar-refractivity contribution in [2.75, 3.05) is 0 Å². The number of carbonyl (C=O) groups excluding carboxylic acids is 1. The molecule has 3 aromatic carbocycles. The molecule has 0 saturated heterocycles. The van der Waals surface area contributed by atoms with Crippen LogP contribution in [0, 0.1) is 23.8 Å². The maximum Gasteiger partial charge on any atom is 0.191 e. The fourth-order valence-electron chi connectivity index (χ4n) is 3.65. The zero-order valence-corrected chi connectivity index (χ0v) is 19.5. The first-order chi connectivity index (χ1) is 15.3. The molecule has 0 atom stereocenters. The van der Waals surface area contributed by atoms with Crippen molar-refractivity contribution in [2.24, 2.45) is 5.92 Å². The second kappa shape index (κ2) is 10.5. The standard InChI is InChI=1S/C27H22Cl2N2O/c1-17(2)10-21-8-9-22(15-26(21)31-3)27-24(28)13-20(14-25(27)29)12-23(32)11-18-4-6-19(16-30)7-5-18/h4-9,13-15,17H,10-12H2,1-2H3. The van der Waals surface area contributed by atoms with E-state index in [9.17, 15) is 4.79 Å². The smallest absolute Gasteiger partial charge is 0.191 e. The van der Waals surface area contributed by atoms with E-state index >= 15 is 0 Å². The number of nitriles is 1. The van der Waals surface area contributed by atoms with Crippen LogP contribution < -0.4 is 0 Å². The van der Waals surface area contributed by atoms with Gasteiger partial charge in [0.25, 0.3) is 0 Å². The molecule has 0 aromatic heterocycles. The van der Waals surface area contributed by atoms with Crippen LogP contribution in [0.1, 0.15) is 36.1 Å². The summed E-state index contributed by atoms with van der Waals surface area (Å²) in [6.07, 6.45) is 1.31. The van der Waals surface area contributed by atoms with Gasteiger partial charge in [-0.25, -0.2) is 4.85 Å². The van der Waals surface area contributed by atoms with Crippen LogP contribution in [0.2, 0.25) is 10.0 Å². The molecule has 32 heavy (non-hydrogen) atoms. The van der Waals surface area contributed by atoms with Crippen LogP contribution in [0.4, 0.5) is 5.69 Å². The third kappa shape index (κ3) is 5.77. The number of benzene rings is 3. The van der Waals surface area contributed by atoms with E-state index in [0.29, 0.717) is 32.8 Å². The summed E-state index contributed by atoms with van der Waals surface area (Å²) in [5.41, 5.74) is 5.22. The van der Waals surface area contributed by atoms with Gasteiger partial charge in [0, 0.05) is 18.4 Å². The first kappa shape index (κ1) is 23.6. The van der Waals surface area contributed by atoms with Crippen molar-refractivity contribution in [2.45, 2.75) is 33.1 Å². The van der Waals surface area contributed by atoms with E-state index < -0.39 is 0 Å². The highest BCUT2D eigenvalue weighted by Gasteiger charge is 2.15. The van der Waals surface area contributed by atoms with E-state index in [-0.39, 0.29) is 18.6 Å². The predicted octanol–water partition coefficient (Wildman–Crippen LogP) is 7.64. The Bertz CT molecular complexity index is 1210. The van der Waals surface area contributed by atoms with Crippen molar-refractivity contribution in [1.29, 1.82) is 5.26 Å². The number of nitrogens with zero attached hydrogens (tertiary/aromatic N) is 2. The Balaban J connectivity index is 1.81. The van der Waals surface area contributed by atoms with Gasteiger partial charge >= 0.3 is 0 Å². The highest BCUT2D eigenvalue weighted by Crippen LogP contribution is 2.38. The molecule has 0 N–H and O–H groups in total. The summed E-state index contributed by atoms with van der Waals surface area (Å²) in [7, 11) is 0. The van der Waals surface area contributed by atoms with Gasteiger partial charge in [-0.05, 0) is 64.9 Å². The lowest BCUT2D eigenvalue weighted by molar-refractivity contribution is -0.117. The van der Waals surface area contributed by atoms with E-state index in [0.717, 1.165) is 28.7 Å². The lowest BCUT2D eigenvalue weighted by atomic mass is 9.96. The first-order valence-corrected chi connectivity index (χ1v) is 11.1. The largest absolute Gasteiger partial charge is 0.299 e. The van der Waals surface area contributed by atoms with Gasteiger partial charge in [0.15, 0.2) is 5.69 Å². The second-order valence-electron chi connectivity index (χ2n) is 8.19. The zero-order chi connectivity index (χ0) is 23.3. The minimum Gasteiger partial charge on any atom is -0.299 e. The van der Waals surface area contributed by atoms with Crippen molar-refractivity contribution in [3.63, 3.8) is 0 Å². The molecular weight excluding hydrogens is 439 g/mol. The lowest BCUT2D eigenvalue weighted by Crippen LogP contribution is -2.07. The molecule has 3 nitrogen and oxygen atoms in total. The molecule has 0 radical (unpaired) electrons. The summed E-state index contributed by atoms with van der Waals surface area (Å²) in [6, 6.07) is 18.3. The molecule has 5 heteroatoms. The van der Waals surface area contributed by atoms with Gasteiger partial charge < -0.3 is 0 Å². The van der Waals surface area contributed by atoms with Gasteiger partial charge in [0.05, 0.1) is 28.3 Å². The van der Waals surface area contributed by atoms with Crippen LogP contribution in [0.15, 0.2) is 54.6 Å². The highest BCUT2D eigenvalue weighted by molar-refractivity contribution is 6.39. The van der Waals surface area contributed by atoms with E-state index in [2.05, 4.69) is 24.8 Å². The SMILES string of the molecule is [C-]#[N+]c1cc(-c2c(Cl)cc(CC(=O)Cc3ccc(C#N)cc3)cc2Cl)ccc1CC(C)C. The average Bonchev–Trinajstić information content (AvgIpc) is 2.74. The van der Waals surface area contributed by atoms with Gasteiger partial charge in [0.2, 0.25) is 0 Å². The summed E-state index contributed by atoms with van der Waals surface area (Å²) >= 11 is 13.1. The van der Waals surface area contributed by atoms with Gasteiger partial charge in [-0.15, -0.1) is 0 Å². The first-order valence-electron chi connectivity index (χ1n) is 10.3. The predicted molar refractivity (Wildman–Crippen MR) is 130 cm³/mol. The highest BCUT2D eigenvalue weighted by atomic mass is 35.5. The third-order valence-corrected chi connectivity index (χ3v) is 5.71. The normalized spacial score (nSPS) is 10.6. The quantitative estimate of drug-likeness (QED) is 0.340. The molecule has 0 fully saturated rings. The number of Topliss-reactive ketones (excluding diaryl/α,β-unsaturated/α-hetero) is 1. The van der Waals surface area contributed by atoms with E-state index in [1.165, 1.54) is 0 Å². The van der Waals surface area contributed by atoms with Gasteiger partial charge in [-0.3, -0.25) is 4.79 Å². The van der Waals surface area contributed by atoms with Crippen molar-refractivity contribution in [3.05, 3.63) is 98.3 Å². The summed E-state index contributed by atoms with van der Waals surface area (Å²) in [4.78, 5) is 16.2. The maximum absolute atomic E-state index is 12.5. The molecule has 0 aliphatic carbocycles. The van der Waals surface area contributed by atoms with Crippen LogP contribution >= 0.6 is 23.2 Å². The molecule has 0 amide bonds. The van der Waals surface area contributed by atoms with Crippen LogP contribution in [0.5, 0.6) is 0 Å². The molecule has 0 aliphatic rings. The van der Waals surface area contributed by atoms with Gasteiger partial charge in [0.1, 0.15) is 5.78 Å². The van der Waals surface area contributed by atoms with Crippen molar-refractivity contribution in [1.82, 2.24) is 0 Å². The molecule has 0 saturated carbocycles. The molecule has 0 bridgehead atoms. The summed E-state index contributed by atoms with van der Waals surface area (Å²) in [5, 5.41) is 9.78. The molecule has 0 unspecified atom stereocenters. The Labute approximate surface area is 199 Å². The molecule has 3 rings (SSSR count). The van der Waals surface area contributed by atoms with Crippen molar-refractivity contribution >= 4 is 34.7 Å². The zero-order valence-electron chi connectivity index (χ0n) is 18.0. The fourth-order valence-corrected chi connectivity index (χ4v) is 4.40. The number of rotatable bonds is 7. The van der Waals surface area contributed by atoms with E-state index in [1.54, 1.807) is 36.4 Å². The minimum atomic E-state index is 0.0305. The summed E-state index contributed by atoms with van der Waals surface area (Å²) < 4.78 is 0. The monoisotopic (exact) mass is 460 g/mol. The van der Waals surface area contributed by atoms with E-state index in [4.69, 9.17) is 35.0 Å². The molecular formula is C27H22Cl2N2O. The van der Waals surface area contributed by atoms with Crippen molar-refractivity contribution < 1.29 is 4.79 Å². The van der Waals surface area contributed by atoms with E-state index in [1.807, 2.05) is 18.2 Å². The summed E-state index contributed by atoms with van der Waals surface area (Å²) in [5.74, 6) is 0.484. The molecule has 3 aromatic rings. The molecule has 0 spiro atoms. The number of halogens is 2. The molecule has 0 aliphatic heterocycles. The second-order valence-corrected chi connectivity index (χ2v) is 9.00. The third-order valence-electron chi connectivity index (χ3n) is 5.11. The Hall–Kier alpha value is -3.11. The van der Waals surface area contributed by atoms with Gasteiger partial charge in [-0.2, -0.15) is 5.26 Å². The Morgan fingerprint density at radius 2 is 1.62 bits per heavy atom. The van der Waals surface area contributed by atoms with Crippen LogP contribution in [-0.2, 0) is 24.1 Å².